The van der Waals surface area contributed by atoms with Gasteiger partial charge in [-0.3, -0.25) is 43.2 Å². The van der Waals surface area contributed by atoms with Gasteiger partial charge in [0.15, 0.2) is 0 Å². The van der Waals surface area contributed by atoms with E-state index < -0.39 is 144 Å². The normalized spacial score (nSPS) is 15.4. The molecule has 0 saturated heterocycles. The smallest absolute Gasteiger partial charge is 0.326 e. The highest BCUT2D eigenvalue weighted by molar-refractivity contribution is 7.80. The van der Waals surface area contributed by atoms with E-state index in [4.69, 9.17) is 11.5 Å². The monoisotopic (exact) mass is 1040 g/mol. The van der Waals surface area contributed by atoms with Crippen molar-refractivity contribution in [2.24, 2.45) is 29.2 Å². The fourth-order valence-corrected chi connectivity index (χ4v) is 7.29. The number of carbonyl (C=O) groups is 10. The van der Waals surface area contributed by atoms with Crippen molar-refractivity contribution in [3.63, 3.8) is 0 Å². The summed E-state index contributed by atoms with van der Waals surface area (Å²) in [5.74, 6) is -11.9. The number of carbonyl (C=O) groups excluding carboxylic acids is 9. The van der Waals surface area contributed by atoms with Gasteiger partial charge in [0, 0.05) is 18.6 Å². The van der Waals surface area contributed by atoms with Gasteiger partial charge in [0.1, 0.15) is 60.1 Å². The number of nitrogens with one attached hydrogen (secondary N) is 8. The van der Waals surface area contributed by atoms with E-state index in [0.717, 1.165) is 0 Å². The number of hydrogen-bond donors (Lipinski definition) is 15. The molecule has 0 saturated carbocycles. The summed E-state index contributed by atoms with van der Waals surface area (Å²) < 4.78 is 0. The van der Waals surface area contributed by atoms with Gasteiger partial charge >= 0.3 is 5.97 Å². The number of carboxylic acids is 1. The van der Waals surface area contributed by atoms with E-state index in [1.54, 1.807) is 58.0 Å². The summed E-state index contributed by atoms with van der Waals surface area (Å²) >= 11 is 4.18. The Morgan fingerprint density at radius 1 is 0.534 bits per heavy atom. The Labute approximate surface area is 429 Å². The van der Waals surface area contributed by atoms with E-state index in [1.807, 2.05) is 0 Å². The van der Waals surface area contributed by atoms with E-state index in [9.17, 15) is 68.4 Å². The SMILES string of the molecule is CC(C)C[C@H](NC(=O)[C@H](CS)NC(=O)[C@H](CO)NC(=O)[C@H](CC(N)=O)NC(=O)[C@@H](NC(=O)[C@H](Cc1ccc(O)cc1)NC(=O)[C@@H](N)[C@@H](C)O)C(C)C)C(=O)N[C@@H](Cc1ccccc1)C(=O)N[C@H](C(=O)O)C(C)C. The second-order valence-corrected chi connectivity index (χ2v) is 19.0. The minimum atomic E-state index is -1.82. The summed E-state index contributed by atoms with van der Waals surface area (Å²) in [6.45, 7) is 10.00. The molecule has 0 unspecified atom stereocenters. The van der Waals surface area contributed by atoms with Crippen molar-refractivity contribution in [1.29, 1.82) is 0 Å². The van der Waals surface area contributed by atoms with Crippen molar-refractivity contribution in [3.8, 4) is 5.75 Å². The second kappa shape index (κ2) is 30.3. The maximum Gasteiger partial charge on any atom is 0.326 e. The number of rotatable bonds is 30. The zero-order valence-corrected chi connectivity index (χ0v) is 42.8. The second-order valence-electron chi connectivity index (χ2n) is 18.7. The predicted octanol–water partition coefficient (Wildman–Crippen LogP) is -3.00. The average molecular weight is 1050 g/mol. The maximum atomic E-state index is 13.9. The Morgan fingerprint density at radius 3 is 1.41 bits per heavy atom. The van der Waals surface area contributed by atoms with Crippen molar-refractivity contribution in [2.75, 3.05) is 12.4 Å². The van der Waals surface area contributed by atoms with Crippen molar-refractivity contribution in [3.05, 3.63) is 65.7 Å². The molecular weight excluding hydrogens is 973 g/mol. The van der Waals surface area contributed by atoms with Crippen LogP contribution in [-0.4, -0.2) is 152 Å². The number of aliphatic carboxylic acids is 1. The topological polar surface area (TPSA) is 400 Å². The first-order valence-electron chi connectivity index (χ1n) is 23.6. The van der Waals surface area contributed by atoms with Crippen LogP contribution in [0.15, 0.2) is 54.6 Å². The Kier molecular flexibility index (Phi) is 25.8. The summed E-state index contributed by atoms with van der Waals surface area (Å²) in [7, 11) is 0. The molecule has 0 heterocycles. The van der Waals surface area contributed by atoms with Crippen LogP contribution in [0.5, 0.6) is 5.75 Å². The van der Waals surface area contributed by atoms with Gasteiger partial charge in [-0.1, -0.05) is 84.0 Å². The van der Waals surface area contributed by atoms with E-state index in [1.165, 1.54) is 45.0 Å². The third-order valence-electron chi connectivity index (χ3n) is 11.2. The summed E-state index contributed by atoms with van der Waals surface area (Å²) in [6, 6.07) is 1.03. The lowest BCUT2D eigenvalue weighted by Gasteiger charge is -2.28. The molecule has 73 heavy (non-hydrogen) atoms. The van der Waals surface area contributed by atoms with Crippen LogP contribution in [0.2, 0.25) is 0 Å². The van der Waals surface area contributed by atoms with E-state index in [-0.39, 0.29) is 36.7 Å². The van der Waals surface area contributed by atoms with Gasteiger partial charge in [0.25, 0.3) is 0 Å². The van der Waals surface area contributed by atoms with Crippen LogP contribution in [0.25, 0.3) is 0 Å². The zero-order chi connectivity index (χ0) is 55.3. The van der Waals surface area contributed by atoms with Crippen LogP contribution in [0.1, 0.15) is 72.4 Å². The maximum absolute atomic E-state index is 13.9. The zero-order valence-electron chi connectivity index (χ0n) is 41.9. The lowest BCUT2D eigenvalue weighted by atomic mass is 9.99. The number of aliphatic hydroxyl groups excluding tert-OH is 2. The van der Waals surface area contributed by atoms with Crippen molar-refractivity contribution in [2.45, 2.75) is 135 Å². The van der Waals surface area contributed by atoms with Crippen molar-refractivity contribution < 1.29 is 68.4 Å². The van der Waals surface area contributed by atoms with Gasteiger partial charge in [-0.15, -0.1) is 0 Å². The minimum Gasteiger partial charge on any atom is -0.508 e. The summed E-state index contributed by atoms with van der Waals surface area (Å²) in [5.41, 5.74) is 12.3. The van der Waals surface area contributed by atoms with Crippen LogP contribution < -0.4 is 54.0 Å². The molecule has 2 aromatic carbocycles. The standard InChI is InChI=1S/C48H72N10O14S/c1-23(2)17-30(40(63)52-31(18-27-11-9-8-10-12-27)43(66)58-39(25(5)6)48(71)72)51-45(68)35(22-73)56-44(67)34(21-59)55-41(64)33(20-36(49)62)54-47(70)38(24(3)4)57-42(65)32(53-46(69)37(50)26(7)60)19-28-13-15-29(61)16-14-28/h8-16,23-26,30-35,37-39,59-61,73H,17-22,50H2,1-7H3,(H2,49,62)(H,51,68)(H,52,63)(H,53,69)(H,54,70)(H,55,64)(H,56,67)(H,57,65)(H,58,66)(H,71,72)/t26-,30+,31+,32+,33+,34+,35+,37+,38+,39+/m1/s1. The molecule has 10 atom stereocenters. The first-order valence-corrected chi connectivity index (χ1v) is 24.2. The first kappa shape index (κ1) is 62.3. The lowest BCUT2D eigenvalue weighted by molar-refractivity contribution is -0.143. The predicted molar refractivity (Wildman–Crippen MR) is 269 cm³/mol. The molecule has 2 aromatic rings. The number of benzene rings is 2. The molecule has 0 spiro atoms. The molecule has 24 nitrogen and oxygen atoms in total. The van der Waals surface area contributed by atoms with E-state index >= 15 is 0 Å². The molecule has 0 aliphatic carbocycles. The number of phenolic OH excluding ortho intramolecular Hbond substituents is 1. The number of thiol groups is 1. The number of aliphatic hydroxyl groups is 2. The quantitative estimate of drug-likeness (QED) is 0.0347. The highest BCUT2D eigenvalue weighted by Crippen LogP contribution is 2.14. The molecule has 0 radical (unpaired) electrons. The molecule has 0 bridgehead atoms. The number of carboxylic acid groups (broad SMARTS) is 1. The van der Waals surface area contributed by atoms with Crippen LogP contribution in [0.3, 0.4) is 0 Å². The molecule has 404 valence electrons. The fraction of sp³-hybridized carbons (Fsp3) is 0.542. The summed E-state index contributed by atoms with van der Waals surface area (Å²) in [6.07, 6.45) is -2.30. The molecule has 2 rings (SSSR count). The number of hydrogen-bond acceptors (Lipinski definition) is 15. The van der Waals surface area contributed by atoms with Crippen molar-refractivity contribution in [1.82, 2.24) is 42.5 Å². The molecule has 0 aromatic heterocycles. The molecular formula is C48H72N10O14S. The minimum absolute atomic E-state index is 0.0352. The van der Waals surface area contributed by atoms with Gasteiger partial charge in [-0.2, -0.15) is 12.6 Å². The number of primary amides is 1. The first-order chi connectivity index (χ1) is 34.2. The van der Waals surface area contributed by atoms with Gasteiger partial charge < -0.3 is 74.4 Å². The van der Waals surface area contributed by atoms with Crippen molar-refractivity contribution >= 4 is 71.8 Å². The Morgan fingerprint density at radius 2 is 0.945 bits per heavy atom. The number of aromatic hydroxyl groups is 1. The third-order valence-corrected chi connectivity index (χ3v) is 11.6. The molecule has 0 aliphatic rings. The van der Waals surface area contributed by atoms with Crippen LogP contribution in [0.4, 0.5) is 0 Å². The summed E-state index contributed by atoms with van der Waals surface area (Å²) in [4.78, 5) is 133. The Balaban J connectivity index is 2.29. The number of nitrogens with two attached hydrogens (primary N) is 2. The van der Waals surface area contributed by atoms with E-state index in [2.05, 4.69) is 55.2 Å². The fourth-order valence-electron chi connectivity index (χ4n) is 7.03. The van der Waals surface area contributed by atoms with Crippen LogP contribution >= 0.6 is 12.6 Å². The van der Waals surface area contributed by atoms with Crippen LogP contribution in [0, 0.1) is 17.8 Å². The largest absolute Gasteiger partial charge is 0.508 e. The molecule has 0 fully saturated rings. The molecule has 25 heteroatoms. The van der Waals surface area contributed by atoms with Crippen LogP contribution in [-0.2, 0) is 60.8 Å². The van der Waals surface area contributed by atoms with Gasteiger partial charge in [0.05, 0.1) is 19.1 Å². The van der Waals surface area contributed by atoms with Gasteiger partial charge in [-0.25, -0.2) is 4.79 Å². The van der Waals surface area contributed by atoms with Gasteiger partial charge in [-0.05, 0) is 54.4 Å². The highest BCUT2D eigenvalue weighted by Gasteiger charge is 2.36. The Hall–Kier alpha value is -6.83. The van der Waals surface area contributed by atoms with Gasteiger partial charge in [0.2, 0.25) is 53.2 Å². The highest BCUT2D eigenvalue weighted by atomic mass is 32.1. The molecule has 9 amide bonds. The lowest BCUT2D eigenvalue weighted by Crippen LogP contribution is -2.62. The summed E-state index contributed by atoms with van der Waals surface area (Å²) in [5, 5.41) is 59.1. The Bertz CT molecular complexity index is 2220. The third kappa shape index (κ3) is 21.0. The molecule has 0 aliphatic heterocycles. The number of amides is 9. The average Bonchev–Trinajstić information content (AvgIpc) is 3.31. The molecule has 16 N–H and O–H groups in total. The number of phenols is 1. The van der Waals surface area contributed by atoms with E-state index in [0.29, 0.717) is 11.1 Å².